The number of carbonyl (C=O) groups is 1. The van der Waals surface area contributed by atoms with Crippen LogP contribution in [0.4, 0.5) is 0 Å². The van der Waals surface area contributed by atoms with Crippen molar-refractivity contribution in [3.05, 3.63) is 70.1 Å². The lowest BCUT2D eigenvalue weighted by Crippen LogP contribution is -2.26. The summed E-state index contributed by atoms with van der Waals surface area (Å²) in [7, 11) is 0. The predicted molar refractivity (Wildman–Crippen MR) is 105 cm³/mol. The van der Waals surface area contributed by atoms with Crippen LogP contribution in [-0.4, -0.2) is 24.4 Å². The third kappa shape index (κ3) is 6.71. The molecule has 1 atom stereocenters. The van der Waals surface area contributed by atoms with E-state index in [0.29, 0.717) is 5.75 Å². The molecule has 0 amide bonds. The first kappa shape index (κ1) is 19.1. The van der Waals surface area contributed by atoms with Gasteiger partial charge in [-0.1, -0.05) is 38.4 Å². The summed E-state index contributed by atoms with van der Waals surface area (Å²) < 4.78 is 13.1. The lowest BCUT2D eigenvalue weighted by atomic mass is 10.3. The zero-order valence-electron chi connectivity index (χ0n) is 12.8. The fourth-order valence-corrected chi connectivity index (χ4v) is 3.17. The standard InChI is InChI=1S/C18H16Br2O3S/c1-2-18(21)23-16(11-22-15-7-3-13(19)4-8-15)12-24-17-9-5-14(20)6-10-17/h2-10,16H,1,11-12H2. The second-order valence-electron chi connectivity index (χ2n) is 4.79. The van der Waals surface area contributed by atoms with Crippen molar-refractivity contribution in [2.75, 3.05) is 12.4 Å². The molecule has 0 radical (unpaired) electrons. The van der Waals surface area contributed by atoms with Crippen molar-refractivity contribution < 1.29 is 14.3 Å². The number of rotatable bonds is 8. The molecule has 0 aliphatic heterocycles. The fraction of sp³-hybridized carbons (Fsp3) is 0.167. The molecular formula is C18H16Br2O3S. The molecule has 0 fully saturated rings. The molecule has 126 valence electrons. The Kier molecular flexibility index (Phi) is 7.88. The number of ether oxygens (including phenoxy) is 2. The molecular weight excluding hydrogens is 456 g/mol. The quantitative estimate of drug-likeness (QED) is 0.290. The number of carbonyl (C=O) groups excluding carboxylic acids is 1. The van der Waals surface area contributed by atoms with Crippen molar-refractivity contribution in [1.82, 2.24) is 0 Å². The highest BCUT2D eigenvalue weighted by Crippen LogP contribution is 2.23. The second-order valence-corrected chi connectivity index (χ2v) is 7.72. The molecule has 2 aromatic rings. The van der Waals surface area contributed by atoms with Crippen molar-refractivity contribution in [2.45, 2.75) is 11.0 Å². The minimum atomic E-state index is -0.448. The third-order valence-electron chi connectivity index (χ3n) is 2.95. The minimum Gasteiger partial charge on any atom is -0.490 e. The van der Waals surface area contributed by atoms with Crippen LogP contribution in [0.25, 0.3) is 0 Å². The summed E-state index contributed by atoms with van der Waals surface area (Å²) in [5, 5.41) is 0. The van der Waals surface area contributed by atoms with Crippen LogP contribution in [0, 0.1) is 0 Å². The van der Waals surface area contributed by atoms with E-state index in [4.69, 9.17) is 9.47 Å². The Morgan fingerprint density at radius 2 is 1.67 bits per heavy atom. The van der Waals surface area contributed by atoms with Gasteiger partial charge in [-0.3, -0.25) is 0 Å². The van der Waals surface area contributed by atoms with Gasteiger partial charge in [0.15, 0.2) is 0 Å². The molecule has 0 spiro atoms. The average molecular weight is 472 g/mol. The predicted octanol–water partition coefficient (Wildman–Crippen LogP) is 5.48. The number of esters is 1. The summed E-state index contributed by atoms with van der Waals surface area (Å²) in [4.78, 5) is 12.6. The largest absolute Gasteiger partial charge is 0.490 e. The highest BCUT2D eigenvalue weighted by molar-refractivity contribution is 9.10. The maximum Gasteiger partial charge on any atom is 0.330 e. The first-order chi connectivity index (χ1) is 11.6. The van der Waals surface area contributed by atoms with Gasteiger partial charge < -0.3 is 9.47 Å². The smallest absolute Gasteiger partial charge is 0.330 e. The Bertz CT molecular complexity index is 622. The van der Waals surface area contributed by atoms with E-state index in [1.807, 2.05) is 48.5 Å². The molecule has 6 heteroatoms. The van der Waals surface area contributed by atoms with Gasteiger partial charge in [-0.2, -0.15) is 0 Å². The SMILES string of the molecule is C=CC(=O)OC(COc1ccc(Br)cc1)CSc1ccc(Br)cc1. The third-order valence-corrected chi connectivity index (χ3v) is 5.15. The summed E-state index contributed by atoms with van der Waals surface area (Å²) in [6.07, 6.45) is 0.796. The molecule has 3 nitrogen and oxygen atoms in total. The van der Waals surface area contributed by atoms with Crippen LogP contribution in [0.3, 0.4) is 0 Å². The Morgan fingerprint density at radius 1 is 1.08 bits per heavy atom. The lowest BCUT2D eigenvalue weighted by molar-refractivity contribution is -0.143. The molecule has 24 heavy (non-hydrogen) atoms. The molecule has 2 aromatic carbocycles. The highest BCUT2D eigenvalue weighted by Gasteiger charge is 2.15. The van der Waals surface area contributed by atoms with Gasteiger partial charge in [0.2, 0.25) is 0 Å². The first-order valence-electron chi connectivity index (χ1n) is 7.16. The zero-order valence-corrected chi connectivity index (χ0v) is 16.8. The van der Waals surface area contributed by atoms with Crippen LogP contribution < -0.4 is 4.74 Å². The molecule has 1 unspecified atom stereocenters. The van der Waals surface area contributed by atoms with E-state index in [1.165, 1.54) is 0 Å². The monoisotopic (exact) mass is 470 g/mol. The molecule has 2 rings (SSSR count). The number of hydrogen-bond acceptors (Lipinski definition) is 4. The Balaban J connectivity index is 1.92. The maximum atomic E-state index is 11.5. The number of hydrogen-bond donors (Lipinski definition) is 0. The van der Waals surface area contributed by atoms with Crippen LogP contribution in [-0.2, 0) is 9.53 Å². The van der Waals surface area contributed by atoms with Crippen molar-refractivity contribution >= 4 is 49.6 Å². The highest BCUT2D eigenvalue weighted by atomic mass is 79.9. The van der Waals surface area contributed by atoms with Crippen molar-refractivity contribution in [1.29, 1.82) is 0 Å². The lowest BCUT2D eigenvalue weighted by Gasteiger charge is -2.17. The van der Waals surface area contributed by atoms with Gasteiger partial charge >= 0.3 is 5.97 Å². The Hall–Kier alpha value is -1.24. The van der Waals surface area contributed by atoms with Crippen LogP contribution in [0.15, 0.2) is 75.0 Å². The molecule has 0 aliphatic rings. The van der Waals surface area contributed by atoms with Crippen LogP contribution >= 0.6 is 43.6 Å². The van der Waals surface area contributed by atoms with Crippen molar-refractivity contribution in [3.8, 4) is 5.75 Å². The van der Waals surface area contributed by atoms with Gasteiger partial charge in [0, 0.05) is 25.7 Å². The van der Waals surface area contributed by atoms with Gasteiger partial charge in [0.1, 0.15) is 18.5 Å². The normalized spacial score (nSPS) is 11.6. The van der Waals surface area contributed by atoms with E-state index in [1.54, 1.807) is 11.8 Å². The molecule has 0 bridgehead atoms. The molecule has 0 saturated heterocycles. The van der Waals surface area contributed by atoms with Crippen molar-refractivity contribution in [2.24, 2.45) is 0 Å². The molecule has 0 aromatic heterocycles. The van der Waals surface area contributed by atoms with Crippen LogP contribution in [0.2, 0.25) is 0 Å². The van der Waals surface area contributed by atoms with E-state index in [9.17, 15) is 4.79 Å². The van der Waals surface area contributed by atoms with Crippen LogP contribution in [0.1, 0.15) is 0 Å². The Labute approximate surface area is 162 Å². The minimum absolute atomic E-state index is 0.282. The molecule has 0 N–H and O–H groups in total. The number of benzene rings is 2. The van der Waals surface area contributed by atoms with Gasteiger partial charge in [-0.25, -0.2) is 4.79 Å². The summed E-state index contributed by atoms with van der Waals surface area (Å²) >= 11 is 8.40. The van der Waals surface area contributed by atoms with E-state index in [-0.39, 0.29) is 12.7 Å². The zero-order chi connectivity index (χ0) is 17.4. The van der Waals surface area contributed by atoms with E-state index in [2.05, 4.69) is 38.4 Å². The summed E-state index contributed by atoms with van der Waals surface area (Å²) in [6, 6.07) is 15.5. The topological polar surface area (TPSA) is 35.5 Å². The molecule has 0 heterocycles. The second kappa shape index (κ2) is 9.91. The first-order valence-corrected chi connectivity index (χ1v) is 9.74. The van der Waals surface area contributed by atoms with E-state index >= 15 is 0 Å². The number of thioether (sulfide) groups is 1. The number of halogens is 2. The summed E-state index contributed by atoms with van der Waals surface area (Å²) in [5.74, 6) is 0.875. The van der Waals surface area contributed by atoms with Gasteiger partial charge in [0.05, 0.1) is 0 Å². The maximum absolute atomic E-state index is 11.5. The average Bonchev–Trinajstić information content (AvgIpc) is 2.60. The van der Waals surface area contributed by atoms with Crippen LogP contribution in [0.5, 0.6) is 5.75 Å². The summed E-state index contributed by atoms with van der Waals surface area (Å²) in [6.45, 7) is 3.72. The van der Waals surface area contributed by atoms with Gasteiger partial charge in [-0.15, -0.1) is 11.8 Å². The molecule has 0 saturated carbocycles. The van der Waals surface area contributed by atoms with Crippen molar-refractivity contribution in [3.63, 3.8) is 0 Å². The van der Waals surface area contributed by atoms with E-state index < -0.39 is 5.97 Å². The fourth-order valence-electron chi connectivity index (χ4n) is 1.77. The van der Waals surface area contributed by atoms with Gasteiger partial charge in [-0.05, 0) is 48.5 Å². The Morgan fingerprint density at radius 3 is 2.25 bits per heavy atom. The van der Waals surface area contributed by atoms with Gasteiger partial charge in [0.25, 0.3) is 0 Å². The molecule has 0 aliphatic carbocycles. The summed E-state index contributed by atoms with van der Waals surface area (Å²) in [5.41, 5.74) is 0. The van der Waals surface area contributed by atoms with E-state index in [0.717, 1.165) is 25.7 Å².